The van der Waals surface area contributed by atoms with Gasteiger partial charge in [0.05, 0.1) is 6.54 Å². The second-order valence-corrected chi connectivity index (χ2v) is 7.47. The molecule has 0 aliphatic carbocycles. The number of nitrogens with zero attached hydrogens (tertiary/aromatic N) is 4. The SMILES string of the molecule is Cc1ccc(CCn2nc3n(c2=O)C(C(=O)N2CCCC2)CCC3)cc1. The Labute approximate surface area is 153 Å². The fraction of sp³-hybridized carbons (Fsp3) is 0.550. The molecule has 0 bridgehead atoms. The second kappa shape index (κ2) is 7.09. The molecular weight excluding hydrogens is 328 g/mol. The Morgan fingerprint density at radius 3 is 2.62 bits per heavy atom. The molecule has 2 aliphatic heterocycles. The van der Waals surface area contributed by atoms with E-state index in [2.05, 4.69) is 36.3 Å². The van der Waals surface area contributed by atoms with E-state index in [1.165, 1.54) is 11.1 Å². The van der Waals surface area contributed by atoms with Crippen LogP contribution in [0.15, 0.2) is 29.1 Å². The fourth-order valence-electron chi connectivity index (χ4n) is 4.05. The molecule has 1 unspecified atom stereocenters. The first kappa shape index (κ1) is 17.1. The summed E-state index contributed by atoms with van der Waals surface area (Å²) < 4.78 is 3.21. The zero-order valence-corrected chi connectivity index (χ0v) is 15.4. The molecule has 0 spiro atoms. The first-order valence-corrected chi connectivity index (χ1v) is 9.66. The normalized spacial score (nSPS) is 19.6. The summed E-state index contributed by atoms with van der Waals surface area (Å²) in [6.07, 6.45) is 5.33. The molecule has 3 heterocycles. The number of carbonyl (C=O) groups is 1. The number of rotatable bonds is 4. The van der Waals surface area contributed by atoms with Crippen LogP contribution in [0.4, 0.5) is 0 Å². The average molecular weight is 354 g/mol. The summed E-state index contributed by atoms with van der Waals surface area (Å²) in [7, 11) is 0. The summed E-state index contributed by atoms with van der Waals surface area (Å²) in [5.74, 6) is 0.867. The highest BCUT2D eigenvalue weighted by atomic mass is 16.2. The van der Waals surface area contributed by atoms with E-state index in [4.69, 9.17) is 0 Å². The summed E-state index contributed by atoms with van der Waals surface area (Å²) in [6, 6.07) is 7.99. The number of likely N-dealkylation sites (tertiary alicyclic amines) is 1. The van der Waals surface area contributed by atoms with Crippen molar-refractivity contribution in [2.24, 2.45) is 0 Å². The molecule has 1 aromatic heterocycles. The third kappa shape index (κ3) is 3.20. The molecule has 1 amide bonds. The number of amides is 1. The zero-order valence-electron chi connectivity index (χ0n) is 15.4. The van der Waals surface area contributed by atoms with Crippen LogP contribution in [-0.4, -0.2) is 38.2 Å². The molecule has 1 aromatic carbocycles. The van der Waals surface area contributed by atoms with E-state index in [1.54, 1.807) is 9.25 Å². The van der Waals surface area contributed by atoms with Crippen LogP contribution >= 0.6 is 0 Å². The molecule has 1 atom stereocenters. The minimum atomic E-state index is -0.363. The monoisotopic (exact) mass is 354 g/mol. The topological polar surface area (TPSA) is 60.1 Å². The lowest BCUT2D eigenvalue weighted by Gasteiger charge is -2.27. The maximum atomic E-state index is 12.9. The highest BCUT2D eigenvalue weighted by molar-refractivity contribution is 5.80. The van der Waals surface area contributed by atoms with Crippen LogP contribution in [-0.2, 0) is 24.2 Å². The van der Waals surface area contributed by atoms with Gasteiger partial charge in [-0.25, -0.2) is 9.48 Å². The number of hydrogen-bond donors (Lipinski definition) is 0. The fourth-order valence-corrected chi connectivity index (χ4v) is 4.05. The number of hydrogen-bond acceptors (Lipinski definition) is 3. The van der Waals surface area contributed by atoms with Crippen molar-refractivity contribution in [1.82, 2.24) is 19.2 Å². The molecule has 138 valence electrons. The number of carbonyl (C=O) groups excluding carboxylic acids is 1. The van der Waals surface area contributed by atoms with E-state index in [1.807, 2.05) is 4.90 Å². The van der Waals surface area contributed by atoms with Crippen molar-refractivity contribution >= 4 is 5.91 Å². The van der Waals surface area contributed by atoms with Crippen LogP contribution in [0.5, 0.6) is 0 Å². The van der Waals surface area contributed by atoms with E-state index >= 15 is 0 Å². The van der Waals surface area contributed by atoms with Crippen LogP contribution in [0, 0.1) is 6.92 Å². The van der Waals surface area contributed by atoms with Gasteiger partial charge in [-0.1, -0.05) is 29.8 Å². The van der Waals surface area contributed by atoms with Gasteiger partial charge in [-0.2, -0.15) is 5.10 Å². The zero-order chi connectivity index (χ0) is 18.1. The van der Waals surface area contributed by atoms with E-state index in [9.17, 15) is 9.59 Å². The number of aromatic nitrogens is 3. The van der Waals surface area contributed by atoms with Gasteiger partial charge in [0.15, 0.2) is 0 Å². The van der Waals surface area contributed by atoms with Gasteiger partial charge < -0.3 is 4.90 Å². The van der Waals surface area contributed by atoms with Crippen molar-refractivity contribution in [3.05, 3.63) is 51.7 Å². The van der Waals surface area contributed by atoms with Crippen LogP contribution < -0.4 is 5.69 Å². The highest BCUT2D eigenvalue weighted by Crippen LogP contribution is 2.25. The van der Waals surface area contributed by atoms with Gasteiger partial charge in [0, 0.05) is 19.5 Å². The molecule has 26 heavy (non-hydrogen) atoms. The quantitative estimate of drug-likeness (QED) is 0.845. The van der Waals surface area contributed by atoms with Gasteiger partial charge >= 0.3 is 5.69 Å². The third-order valence-electron chi connectivity index (χ3n) is 5.57. The Balaban J connectivity index is 1.54. The smallest absolute Gasteiger partial charge is 0.341 e. The first-order chi connectivity index (χ1) is 12.6. The largest absolute Gasteiger partial charge is 0.346 e. The van der Waals surface area contributed by atoms with Crippen molar-refractivity contribution in [1.29, 1.82) is 0 Å². The molecule has 6 nitrogen and oxygen atoms in total. The Hall–Kier alpha value is -2.37. The minimum Gasteiger partial charge on any atom is -0.341 e. The predicted octanol–water partition coefficient (Wildman–Crippen LogP) is 2.10. The molecular formula is C20H26N4O2. The molecule has 0 N–H and O–H groups in total. The first-order valence-electron chi connectivity index (χ1n) is 9.66. The molecule has 2 aliphatic rings. The Kier molecular flexibility index (Phi) is 4.66. The van der Waals surface area contributed by atoms with Gasteiger partial charge in [-0.3, -0.25) is 9.36 Å². The van der Waals surface area contributed by atoms with Gasteiger partial charge in [-0.05, 0) is 44.6 Å². The van der Waals surface area contributed by atoms with Crippen molar-refractivity contribution in [2.75, 3.05) is 13.1 Å². The summed E-state index contributed by atoms with van der Waals surface area (Å²) >= 11 is 0. The molecule has 0 radical (unpaired) electrons. The number of aryl methyl sites for hydroxylation is 4. The summed E-state index contributed by atoms with van der Waals surface area (Å²) in [5.41, 5.74) is 2.29. The summed E-state index contributed by atoms with van der Waals surface area (Å²) in [6.45, 7) is 4.25. The Morgan fingerprint density at radius 1 is 1.15 bits per heavy atom. The van der Waals surface area contributed by atoms with Gasteiger partial charge in [0.1, 0.15) is 11.9 Å². The predicted molar refractivity (Wildman–Crippen MR) is 99.2 cm³/mol. The third-order valence-corrected chi connectivity index (χ3v) is 5.57. The van der Waals surface area contributed by atoms with Gasteiger partial charge in [0.25, 0.3) is 0 Å². The van der Waals surface area contributed by atoms with Crippen molar-refractivity contribution < 1.29 is 4.79 Å². The maximum Gasteiger partial charge on any atom is 0.346 e. The van der Waals surface area contributed by atoms with Crippen molar-refractivity contribution in [3.8, 4) is 0 Å². The molecule has 2 aromatic rings. The average Bonchev–Trinajstić information content (AvgIpc) is 3.29. The lowest BCUT2D eigenvalue weighted by Crippen LogP contribution is -2.41. The van der Waals surface area contributed by atoms with Crippen LogP contribution in [0.3, 0.4) is 0 Å². The van der Waals surface area contributed by atoms with Crippen molar-refractivity contribution in [3.63, 3.8) is 0 Å². The maximum absolute atomic E-state index is 12.9. The highest BCUT2D eigenvalue weighted by Gasteiger charge is 2.33. The van der Waals surface area contributed by atoms with Crippen LogP contribution in [0.1, 0.15) is 48.7 Å². The number of fused-ring (bicyclic) bond motifs is 1. The summed E-state index contributed by atoms with van der Waals surface area (Å²) in [5, 5.41) is 4.54. The van der Waals surface area contributed by atoms with E-state index < -0.39 is 0 Å². The van der Waals surface area contributed by atoms with E-state index in [0.717, 1.165) is 57.4 Å². The minimum absolute atomic E-state index is 0.101. The molecule has 1 saturated heterocycles. The Bertz CT molecular complexity index is 844. The molecule has 0 saturated carbocycles. The molecule has 6 heteroatoms. The van der Waals surface area contributed by atoms with Gasteiger partial charge in [-0.15, -0.1) is 0 Å². The lowest BCUT2D eigenvalue weighted by atomic mass is 10.0. The number of benzene rings is 1. The molecule has 1 fully saturated rings. The van der Waals surface area contributed by atoms with E-state index in [0.29, 0.717) is 6.54 Å². The van der Waals surface area contributed by atoms with Crippen LogP contribution in [0.25, 0.3) is 0 Å². The second-order valence-electron chi connectivity index (χ2n) is 7.47. The summed E-state index contributed by atoms with van der Waals surface area (Å²) in [4.78, 5) is 27.7. The van der Waals surface area contributed by atoms with Crippen molar-refractivity contribution in [2.45, 2.75) is 58.0 Å². The van der Waals surface area contributed by atoms with E-state index in [-0.39, 0.29) is 17.6 Å². The Morgan fingerprint density at radius 2 is 1.88 bits per heavy atom. The molecule has 4 rings (SSSR count). The van der Waals surface area contributed by atoms with Crippen LogP contribution in [0.2, 0.25) is 0 Å². The lowest BCUT2D eigenvalue weighted by molar-refractivity contribution is -0.134. The standard InChI is InChI=1S/C20H26N4O2/c1-15-7-9-16(10-8-15)11-14-23-20(26)24-17(5-4-6-18(24)21-23)19(25)22-12-2-3-13-22/h7-10,17H,2-6,11-14H2,1H3. The van der Waals surface area contributed by atoms with Gasteiger partial charge in [0.2, 0.25) is 5.91 Å².